The number of nitrogen functional groups attached to an aromatic ring is 1. The van der Waals surface area contributed by atoms with Crippen molar-refractivity contribution in [3.05, 3.63) is 22.7 Å². The maximum atomic E-state index is 11.5. The van der Waals surface area contributed by atoms with Crippen molar-refractivity contribution in [1.29, 1.82) is 0 Å². The molecule has 2 rings (SSSR count). The van der Waals surface area contributed by atoms with E-state index in [-0.39, 0.29) is 28.1 Å². The molecule has 0 bridgehead atoms. The number of rotatable bonds is 2. The second-order valence-corrected chi connectivity index (χ2v) is 6.00. The van der Waals surface area contributed by atoms with Crippen molar-refractivity contribution in [2.75, 3.05) is 18.1 Å². The van der Waals surface area contributed by atoms with Crippen molar-refractivity contribution in [2.45, 2.75) is 9.96 Å². The summed E-state index contributed by atoms with van der Waals surface area (Å²) in [4.78, 5) is 15.2. The molecule has 0 radical (unpaired) electrons. The molecule has 0 spiro atoms. The van der Waals surface area contributed by atoms with E-state index in [4.69, 9.17) is 10.8 Å². The lowest BCUT2D eigenvalue weighted by atomic mass is 10.5. The molecule has 0 unspecified atom stereocenters. The van der Waals surface area contributed by atoms with Crippen molar-refractivity contribution in [1.82, 2.24) is 9.55 Å². The SMILES string of the molecule is Nc1ccn([C@H]2CS[C@@H](CO)S2)c(=O)n1. The fourth-order valence-corrected chi connectivity index (χ4v) is 4.19. The lowest BCUT2D eigenvalue weighted by molar-refractivity contribution is 0.316. The van der Waals surface area contributed by atoms with Crippen molar-refractivity contribution in [2.24, 2.45) is 0 Å². The van der Waals surface area contributed by atoms with Gasteiger partial charge in [-0.25, -0.2) is 4.79 Å². The second kappa shape index (κ2) is 4.46. The van der Waals surface area contributed by atoms with Crippen LogP contribution >= 0.6 is 23.5 Å². The van der Waals surface area contributed by atoms with Crippen LogP contribution < -0.4 is 11.4 Å². The Hall–Kier alpha value is -0.660. The first-order valence-corrected chi connectivity index (χ1v) is 6.42. The predicted molar refractivity (Wildman–Crippen MR) is 62.9 cm³/mol. The number of hydrogen-bond acceptors (Lipinski definition) is 6. The number of aliphatic hydroxyl groups is 1. The van der Waals surface area contributed by atoms with E-state index < -0.39 is 0 Å². The first-order valence-electron chi connectivity index (χ1n) is 4.43. The lowest BCUT2D eigenvalue weighted by Gasteiger charge is -2.11. The van der Waals surface area contributed by atoms with Gasteiger partial charge in [0.05, 0.1) is 16.6 Å². The van der Waals surface area contributed by atoms with Crippen LogP contribution in [0.5, 0.6) is 0 Å². The van der Waals surface area contributed by atoms with Gasteiger partial charge in [-0.3, -0.25) is 4.57 Å². The Balaban J connectivity index is 2.20. The van der Waals surface area contributed by atoms with Gasteiger partial charge in [0.2, 0.25) is 0 Å². The van der Waals surface area contributed by atoms with Crippen LogP contribution in [0.2, 0.25) is 0 Å². The van der Waals surface area contributed by atoms with Crippen molar-refractivity contribution in [3.63, 3.8) is 0 Å². The molecular weight excluding hydrogens is 234 g/mol. The van der Waals surface area contributed by atoms with Crippen LogP contribution in [0.15, 0.2) is 17.1 Å². The Kier molecular flexibility index (Phi) is 3.22. The van der Waals surface area contributed by atoms with Gasteiger partial charge in [-0.15, -0.1) is 23.5 Å². The summed E-state index contributed by atoms with van der Waals surface area (Å²) in [6, 6.07) is 1.61. The Bertz CT molecular complexity index is 409. The lowest BCUT2D eigenvalue weighted by Crippen LogP contribution is -2.25. The summed E-state index contributed by atoms with van der Waals surface area (Å²) in [5.74, 6) is 1.05. The smallest absolute Gasteiger partial charge is 0.350 e. The third-order valence-corrected chi connectivity index (χ3v) is 5.19. The number of aromatic nitrogens is 2. The minimum atomic E-state index is -0.327. The van der Waals surface area contributed by atoms with Gasteiger partial charge >= 0.3 is 5.69 Å². The number of aliphatic hydroxyl groups excluding tert-OH is 1. The third-order valence-electron chi connectivity index (χ3n) is 2.04. The molecule has 1 aliphatic heterocycles. The molecule has 0 aliphatic carbocycles. The zero-order valence-corrected chi connectivity index (χ0v) is 9.50. The first kappa shape index (κ1) is 10.8. The van der Waals surface area contributed by atoms with E-state index in [1.807, 2.05) is 0 Å². The maximum absolute atomic E-state index is 11.5. The van der Waals surface area contributed by atoms with E-state index in [0.29, 0.717) is 0 Å². The highest BCUT2D eigenvalue weighted by atomic mass is 32.2. The predicted octanol–water partition coefficient (Wildman–Crippen LogP) is 0.122. The van der Waals surface area contributed by atoms with E-state index in [9.17, 15) is 4.79 Å². The highest BCUT2D eigenvalue weighted by Crippen LogP contribution is 2.43. The van der Waals surface area contributed by atoms with E-state index in [1.165, 1.54) is 0 Å². The summed E-state index contributed by atoms with van der Waals surface area (Å²) in [5.41, 5.74) is 5.08. The maximum Gasteiger partial charge on any atom is 0.350 e. The van der Waals surface area contributed by atoms with Gasteiger partial charge < -0.3 is 10.8 Å². The molecule has 82 valence electrons. The van der Waals surface area contributed by atoms with Crippen LogP contribution in [0, 0.1) is 0 Å². The Morgan fingerprint density at radius 1 is 1.73 bits per heavy atom. The van der Waals surface area contributed by atoms with Crippen LogP contribution in [-0.4, -0.2) is 31.6 Å². The molecule has 15 heavy (non-hydrogen) atoms. The first-order chi connectivity index (χ1) is 7.20. The minimum absolute atomic E-state index is 0.0488. The standard InChI is InChI=1S/C8H11N3O2S2/c9-5-1-2-11(8(13)10-5)6-4-14-7(3-12)15-6/h1-2,6-7,12H,3-4H2,(H2,9,10,13)/t6-,7-/m1/s1. The molecule has 0 amide bonds. The zero-order valence-electron chi connectivity index (χ0n) is 7.87. The van der Waals surface area contributed by atoms with Crippen LogP contribution in [0.1, 0.15) is 5.37 Å². The number of nitrogens with two attached hydrogens (primary N) is 1. The molecule has 1 aliphatic rings. The molecule has 5 nitrogen and oxygen atoms in total. The minimum Gasteiger partial charge on any atom is -0.394 e. The Morgan fingerprint density at radius 2 is 2.53 bits per heavy atom. The van der Waals surface area contributed by atoms with Crippen LogP contribution in [-0.2, 0) is 0 Å². The van der Waals surface area contributed by atoms with Crippen molar-refractivity contribution >= 4 is 29.3 Å². The summed E-state index contributed by atoms with van der Waals surface area (Å²) >= 11 is 3.23. The van der Waals surface area contributed by atoms with E-state index in [2.05, 4.69) is 4.98 Å². The molecule has 0 saturated carbocycles. The van der Waals surface area contributed by atoms with Crippen LogP contribution in [0.4, 0.5) is 5.82 Å². The van der Waals surface area contributed by atoms with Crippen LogP contribution in [0.3, 0.4) is 0 Å². The molecule has 1 aromatic rings. The van der Waals surface area contributed by atoms with Crippen LogP contribution in [0.25, 0.3) is 0 Å². The molecular formula is C8H11N3O2S2. The highest BCUT2D eigenvalue weighted by Gasteiger charge is 2.27. The monoisotopic (exact) mass is 245 g/mol. The Labute approximate surface area is 95.1 Å². The average molecular weight is 245 g/mol. The summed E-state index contributed by atoms with van der Waals surface area (Å²) in [5, 5.41) is 9.03. The number of nitrogens with zero attached hydrogens (tertiary/aromatic N) is 2. The molecule has 3 N–H and O–H groups in total. The molecule has 7 heteroatoms. The zero-order chi connectivity index (χ0) is 10.8. The van der Waals surface area contributed by atoms with Gasteiger partial charge in [-0.2, -0.15) is 4.98 Å². The summed E-state index contributed by atoms with van der Waals surface area (Å²) in [6.07, 6.45) is 1.66. The molecule has 1 aromatic heterocycles. The number of anilines is 1. The van der Waals surface area contributed by atoms with Gasteiger partial charge in [-0.1, -0.05) is 0 Å². The average Bonchev–Trinajstić information content (AvgIpc) is 2.66. The molecule has 2 heterocycles. The largest absolute Gasteiger partial charge is 0.394 e. The quantitative estimate of drug-likeness (QED) is 0.770. The Morgan fingerprint density at radius 3 is 3.13 bits per heavy atom. The third kappa shape index (κ3) is 2.30. The summed E-state index contributed by atoms with van der Waals surface area (Å²) in [7, 11) is 0. The summed E-state index contributed by atoms with van der Waals surface area (Å²) in [6.45, 7) is 0.128. The van der Waals surface area contributed by atoms with E-state index in [0.717, 1.165) is 5.75 Å². The number of thioether (sulfide) groups is 2. The van der Waals surface area contributed by atoms with Gasteiger partial charge in [0.15, 0.2) is 0 Å². The second-order valence-electron chi connectivity index (χ2n) is 3.08. The van der Waals surface area contributed by atoms with Crippen molar-refractivity contribution in [3.8, 4) is 0 Å². The topological polar surface area (TPSA) is 81.1 Å². The molecule has 0 aromatic carbocycles. The highest BCUT2D eigenvalue weighted by molar-refractivity contribution is 8.20. The van der Waals surface area contributed by atoms with Gasteiger partial charge in [0, 0.05) is 11.9 Å². The van der Waals surface area contributed by atoms with Gasteiger partial charge in [0.1, 0.15) is 5.82 Å². The molecule has 1 saturated heterocycles. The van der Waals surface area contributed by atoms with E-state index in [1.54, 1.807) is 40.4 Å². The number of hydrogen-bond donors (Lipinski definition) is 2. The molecule has 2 atom stereocenters. The van der Waals surface area contributed by atoms with Gasteiger partial charge in [-0.05, 0) is 6.07 Å². The molecule has 1 fully saturated rings. The fraction of sp³-hybridized carbons (Fsp3) is 0.500. The van der Waals surface area contributed by atoms with Crippen molar-refractivity contribution < 1.29 is 5.11 Å². The fourth-order valence-electron chi connectivity index (χ4n) is 1.33. The summed E-state index contributed by atoms with van der Waals surface area (Å²) < 4.78 is 1.71. The van der Waals surface area contributed by atoms with Gasteiger partial charge in [0.25, 0.3) is 0 Å². The van der Waals surface area contributed by atoms with E-state index >= 15 is 0 Å². The normalized spacial score (nSPS) is 25.7.